The number of nitrogens with one attached hydrogen (secondary N) is 1. The van der Waals surface area contributed by atoms with Crippen molar-refractivity contribution in [1.29, 1.82) is 5.41 Å². The molecule has 0 bridgehead atoms. The predicted octanol–water partition coefficient (Wildman–Crippen LogP) is 0.0498. The molecule has 5 N–H and O–H groups in total. The molecule has 0 radical (unpaired) electrons. The van der Waals surface area contributed by atoms with Crippen molar-refractivity contribution in [2.45, 2.75) is 25.8 Å². The van der Waals surface area contributed by atoms with Gasteiger partial charge in [0.15, 0.2) is 0 Å². The highest BCUT2D eigenvalue weighted by atomic mass is 14.7. The standard InChI is InChI=1S/C5H13N3/c1-4(6)2-3-5(7)8/h4H,2-3,6H2,1H3,(H3,7,8). The smallest absolute Gasteiger partial charge is 0.0905 e. The molecule has 0 amide bonds. The molecule has 48 valence electrons. The third kappa shape index (κ3) is 5.43. The summed E-state index contributed by atoms with van der Waals surface area (Å²) in [6.07, 6.45) is 1.44. The van der Waals surface area contributed by atoms with Crippen molar-refractivity contribution in [2.24, 2.45) is 11.5 Å². The summed E-state index contributed by atoms with van der Waals surface area (Å²) in [6.45, 7) is 1.91. The zero-order chi connectivity index (χ0) is 6.57. The van der Waals surface area contributed by atoms with Crippen LogP contribution in [0.25, 0.3) is 0 Å². The number of hydrogen-bond donors (Lipinski definition) is 3. The molecular formula is C5H13N3. The van der Waals surface area contributed by atoms with Crippen LogP contribution in [0.2, 0.25) is 0 Å². The van der Waals surface area contributed by atoms with Crippen molar-refractivity contribution >= 4 is 5.84 Å². The van der Waals surface area contributed by atoms with Gasteiger partial charge in [-0.2, -0.15) is 0 Å². The van der Waals surface area contributed by atoms with Crippen molar-refractivity contribution in [2.75, 3.05) is 0 Å². The van der Waals surface area contributed by atoms with Crippen molar-refractivity contribution in [3.8, 4) is 0 Å². The van der Waals surface area contributed by atoms with Gasteiger partial charge in [0.05, 0.1) is 5.84 Å². The first-order valence-corrected chi connectivity index (χ1v) is 2.71. The Bertz CT molecular complexity index is 77.7. The Morgan fingerprint density at radius 1 is 1.75 bits per heavy atom. The average molecular weight is 115 g/mol. The summed E-state index contributed by atoms with van der Waals surface area (Å²) < 4.78 is 0. The zero-order valence-electron chi connectivity index (χ0n) is 5.15. The summed E-state index contributed by atoms with van der Waals surface area (Å²) in [5, 5.41) is 6.81. The van der Waals surface area contributed by atoms with Gasteiger partial charge in [0, 0.05) is 12.5 Å². The average Bonchev–Trinajstić information content (AvgIpc) is 1.61. The molecule has 0 heterocycles. The molecule has 0 spiro atoms. The second-order valence-corrected chi connectivity index (χ2v) is 2.04. The molecule has 8 heavy (non-hydrogen) atoms. The maximum absolute atomic E-state index is 6.81. The quantitative estimate of drug-likeness (QED) is 0.359. The minimum Gasteiger partial charge on any atom is -0.388 e. The van der Waals surface area contributed by atoms with E-state index in [1.54, 1.807) is 0 Å². The Morgan fingerprint density at radius 2 is 2.25 bits per heavy atom. The van der Waals surface area contributed by atoms with Crippen molar-refractivity contribution < 1.29 is 0 Å². The van der Waals surface area contributed by atoms with E-state index in [9.17, 15) is 0 Å². The summed E-state index contributed by atoms with van der Waals surface area (Å²) in [5.74, 6) is 0.224. The monoisotopic (exact) mass is 115 g/mol. The first-order chi connectivity index (χ1) is 3.63. The number of amidine groups is 1. The van der Waals surface area contributed by atoms with Crippen LogP contribution in [0.4, 0.5) is 0 Å². The lowest BCUT2D eigenvalue weighted by Crippen LogP contribution is -2.18. The van der Waals surface area contributed by atoms with Crippen LogP contribution in [0, 0.1) is 5.41 Å². The maximum Gasteiger partial charge on any atom is 0.0905 e. The molecule has 3 nitrogen and oxygen atoms in total. The van der Waals surface area contributed by atoms with Crippen LogP contribution < -0.4 is 11.5 Å². The molecule has 0 aliphatic carbocycles. The zero-order valence-corrected chi connectivity index (χ0v) is 5.15. The van der Waals surface area contributed by atoms with E-state index >= 15 is 0 Å². The van der Waals surface area contributed by atoms with Crippen molar-refractivity contribution in [3.05, 3.63) is 0 Å². The fourth-order valence-corrected chi connectivity index (χ4v) is 0.383. The Labute approximate surface area is 49.6 Å². The second kappa shape index (κ2) is 3.43. The van der Waals surface area contributed by atoms with E-state index in [4.69, 9.17) is 16.9 Å². The summed E-state index contributed by atoms with van der Waals surface area (Å²) in [4.78, 5) is 0. The van der Waals surface area contributed by atoms with Crippen molar-refractivity contribution in [3.63, 3.8) is 0 Å². The summed E-state index contributed by atoms with van der Waals surface area (Å²) >= 11 is 0. The summed E-state index contributed by atoms with van der Waals surface area (Å²) in [7, 11) is 0. The molecule has 1 atom stereocenters. The molecule has 0 aromatic rings. The molecule has 0 aromatic heterocycles. The third-order valence-electron chi connectivity index (χ3n) is 0.869. The van der Waals surface area contributed by atoms with Gasteiger partial charge in [-0.25, -0.2) is 0 Å². The van der Waals surface area contributed by atoms with Crippen LogP contribution >= 0.6 is 0 Å². The predicted molar refractivity (Wildman–Crippen MR) is 34.8 cm³/mol. The highest BCUT2D eigenvalue weighted by Crippen LogP contribution is 1.90. The Hall–Kier alpha value is -0.570. The van der Waals surface area contributed by atoms with Crippen LogP contribution in [-0.4, -0.2) is 11.9 Å². The fourth-order valence-electron chi connectivity index (χ4n) is 0.383. The first-order valence-electron chi connectivity index (χ1n) is 2.71. The van der Waals surface area contributed by atoms with Crippen LogP contribution in [0.3, 0.4) is 0 Å². The summed E-state index contributed by atoms with van der Waals surface area (Å²) in [5.41, 5.74) is 10.5. The third-order valence-corrected chi connectivity index (χ3v) is 0.869. The lowest BCUT2D eigenvalue weighted by atomic mass is 10.2. The van der Waals surface area contributed by atoms with Crippen LogP contribution in [0.5, 0.6) is 0 Å². The van der Waals surface area contributed by atoms with Gasteiger partial charge in [0.1, 0.15) is 0 Å². The van der Waals surface area contributed by atoms with Gasteiger partial charge in [-0.3, -0.25) is 5.41 Å². The topological polar surface area (TPSA) is 75.9 Å². The molecule has 0 aromatic carbocycles. The Kier molecular flexibility index (Phi) is 3.19. The van der Waals surface area contributed by atoms with E-state index in [0.717, 1.165) is 6.42 Å². The summed E-state index contributed by atoms with van der Waals surface area (Å²) in [6, 6.07) is 0.166. The van der Waals surface area contributed by atoms with Gasteiger partial charge in [-0.1, -0.05) is 0 Å². The molecule has 3 heteroatoms. The maximum atomic E-state index is 6.81. The molecule has 0 fully saturated rings. The Balaban J connectivity index is 3.05. The SMILES string of the molecule is CC(N)CCC(=N)N. The van der Waals surface area contributed by atoms with Crippen LogP contribution in [-0.2, 0) is 0 Å². The largest absolute Gasteiger partial charge is 0.388 e. The number of rotatable bonds is 3. The first kappa shape index (κ1) is 7.43. The molecule has 0 saturated carbocycles. The van der Waals surface area contributed by atoms with Crippen LogP contribution in [0.15, 0.2) is 0 Å². The lowest BCUT2D eigenvalue weighted by Gasteiger charge is -2.00. The number of hydrogen-bond acceptors (Lipinski definition) is 2. The van der Waals surface area contributed by atoms with E-state index < -0.39 is 0 Å². The fraction of sp³-hybridized carbons (Fsp3) is 0.800. The molecule has 1 unspecified atom stereocenters. The molecular weight excluding hydrogens is 102 g/mol. The van der Waals surface area contributed by atoms with E-state index in [-0.39, 0.29) is 11.9 Å². The molecule has 0 aliphatic heterocycles. The molecule has 0 aliphatic rings. The van der Waals surface area contributed by atoms with Gasteiger partial charge < -0.3 is 11.5 Å². The van der Waals surface area contributed by atoms with E-state index in [1.165, 1.54) is 0 Å². The highest BCUT2D eigenvalue weighted by molar-refractivity contribution is 5.76. The highest BCUT2D eigenvalue weighted by Gasteiger charge is 1.93. The molecule has 0 rings (SSSR count). The number of nitrogens with two attached hydrogens (primary N) is 2. The van der Waals surface area contributed by atoms with Crippen LogP contribution in [0.1, 0.15) is 19.8 Å². The van der Waals surface area contributed by atoms with Gasteiger partial charge in [0.25, 0.3) is 0 Å². The van der Waals surface area contributed by atoms with Crippen molar-refractivity contribution in [1.82, 2.24) is 0 Å². The minimum absolute atomic E-state index is 0.166. The van der Waals surface area contributed by atoms with Gasteiger partial charge in [-0.15, -0.1) is 0 Å². The second-order valence-electron chi connectivity index (χ2n) is 2.04. The minimum atomic E-state index is 0.166. The van der Waals surface area contributed by atoms with E-state index in [1.807, 2.05) is 6.92 Å². The normalized spacial score (nSPS) is 13.2. The van der Waals surface area contributed by atoms with Gasteiger partial charge >= 0.3 is 0 Å². The van der Waals surface area contributed by atoms with E-state index in [0.29, 0.717) is 6.42 Å². The molecule has 0 saturated heterocycles. The van der Waals surface area contributed by atoms with Gasteiger partial charge in [0.2, 0.25) is 0 Å². The van der Waals surface area contributed by atoms with Gasteiger partial charge in [-0.05, 0) is 13.3 Å². The lowest BCUT2D eigenvalue weighted by molar-refractivity contribution is 0.684. The Morgan fingerprint density at radius 3 is 2.38 bits per heavy atom. The van der Waals surface area contributed by atoms with E-state index in [2.05, 4.69) is 0 Å².